The molecule has 5 nitrogen and oxygen atoms in total. The Hall–Kier alpha value is -1.95. The maximum absolute atomic E-state index is 12.4. The second kappa shape index (κ2) is 7.35. The summed E-state index contributed by atoms with van der Waals surface area (Å²) in [4.78, 5) is 19.6. The third-order valence-electron chi connectivity index (χ3n) is 4.85. The van der Waals surface area contributed by atoms with E-state index in [0.29, 0.717) is 11.5 Å². The predicted octanol–water partition coefficient (Wildman–Crippen LogP) is 3.86. The van der Waals surface area contributed by atoms with Crippen LogP contribution in [0.4, 0.5) is 0 Å². The van der Waals surface area contributed by atoms with Gasteiger partial charge in [-0.25, -0.2) is 0 Å². The SMILES string of the molecule is CCOc1cc2c(cc1/C=C1\SC(N3CCCCC3)=NC1=O)O[C@H](C)C2. The van der Waals surface area contributed by atoms with Gasteiger partial charge in [0.25, 0.3) is 5.91 Å². The first-order valence-corrected chi connectivity index (χ1v) is 10.2. The Morgan fingerprint density at radius 2 is 2.15 bits per heavy atom. The van der Waals surface area contributed by atoms with Gasteiger partial charge in [-0.15, -0.1) is 0 Å². The summed E-state index contributed by atoms with van der Waals surface area (Å²) >= 11 is 1.47. The first kappa shape index (κ1) is 17.5. The van der Waals surface area contributed by atoms with Crippen LogP contribution in [0.5, 0.6) is 11.5 Å². The number of piperidine rings is 1. The Labute approximate surface area is 158 Å². The van der Waals surface area contributed by atoms with Gasteiger partial charge in [0.2, 0.25) is 0 Å². The van der Waals surface area contributed by atoms with Crippen LogP contribution in [0.2, 0.25) is 0 Å². The molecule has 1 amide bonds. The zero-order valence-electron chi connectivity index (χ0n) is 15.3. The highest BCUT2D eigenvalue weighted by Crippen LogP contribution is 2.38. The molecule has 0 aliphatic carbocycles. The van der Waals surface area contributed by atoms with E-state index in [2.05, 4.69) is 16.8 Å². The Morgan fingerprint density at radius 1 is 1.35 bits per heavy atom. The maximum Gasteiger partial charge on any atom is 0.286 e. The number of hydrogen-bond donors (Lipinski definition) is 0. The van der Waals surface area contributed by atoms with Gasteiger partial charge in [0.1, 0.15) is 17.6 Å². The fourth-order valence-corrected chi connectivity index (χ4v) is 4.56. The average molecular weight is 372 g/mol. The second-order valence-corrected chi connectivity index (χ2v) is 7.93. The Kier molecular flexibility index (Phi) is 4.94. The number of carbonyl (C=O) groups is 1. The van der Waals surface area contributed by atoms with Gasteiger partial charge in [-0.1, -0.05) is 0 Å². The molecule has 3 aliphatic rings. The van der Waals surface area contributed by atoms with Gasteiger partial charge in [-0.3, -0.25) is 4.79 Å². The van der Waals surface area contributed by atoms with Crippen molar-refractivity contribution in [2.24, 2.45) is 4.99 Å². The van der Waals surface area contributed by atoms with Gasteiger partial charge in [-0.2, -0.15) is 4.99 Å². The normalized spacial score (nSPS) is 23.8. The molecule has 4 rings (SSSR count). The van der Waals surface area contributed by atoms with Crippen molar-refractivity contribution in [3.63, 3.8) is 0 Å². The second-order valence-electron chi connectivity index (χ2n) is 6.92. The molecule has 1 aromatic carbocycles. The van der Waals surface area contributed by atoms with Crippen LogP contribution in [-0.2, 0) is 11.2 Å². The Balaban J connectivity index is 1.60. The minimum atomic E-state index is -0.159. The lowest BCUT2D eigenvalue weighted by atomic mass is 10.1. The molecule has 0 radical (unpaired) electrons. The molecule has 0 bridgehead atoms. The van der Waals surface area contributed by atoms with Crippen molar-refractivity contribution in [2.45, 2.75) is 45.6 Å². The van der Waals surface area contributed by atoms with Gasteiger partial charge in [-0.05, 0) is 63.1 Å². The van der Waals surface area contributed by atoms with Crippen molar-refractivity contribution in [3.05, 3.63) is 28.2 Å². The zero-order chi connectivity index (χ0) is 18.1. The first-order valence-electron chi connectivity index (χ1n) is 9.38. The van der Waals surface area contributed by atoms with Gasteiger partial charge in [0, 0.05) is 30.6 Å². The smallest absolute Gasteiger partial charge is 0.286 e. The first-order chi connectivity index (χ1) is 12.6. The van der Waals surface area contributed by atoms with E-state index in [1.165, 1.54) is 36.6 Å². The van der Waals surface area contributed by atoms with Crippen LogP contribution >= 0.6 is 11.8 Å². The molecule has 26 heavy (non-hydrogen) atoms. The van der Waals surface area contributed by atoms with Crippen molar-refractivity contribution < 1.29 is 14.3 Å². The summed E-state index contributed by atoms with van der Waals surface area (Å²) in [6.45, 7) is 6.59. The molecule has 1 aromatic rings. The number of ether oxygens (including phenoxy) is 2. The molecule has 3 aliphatic heterocycles. The number of hydrogen-bond acceptors (Lipinski definition) is 5. The van der Waals surface area contributed by atoms with Crippen molar-refractivity contribution >= 4 is 28.9 Å². The van der Waals surface area contributed by atoms with Crippen LogP contribution in [0.25, 0.3) is 6.08 Å². The molecule has 0 N–H and O–H groups in total. The van der Waals surface area contributed by atoms with E-state index in [0.717, 1.165) is 41.7 Å². The van der Waals surface area contributed by atoms with Crippen molar-refractivity contribution in [1.82, 2.24) is 4.90 Å². The highest BCUT2D eigenvalue weighted by atomic mass is 32.2. The number of carbonyl (C=O) groups excluding carboxylic acids is 1. The molecular weight excluding hydrogens is 348 g/mol. The van der Waals surface area contributed by atoms with Crippen LogP contribution in [0, 0.1) is 0 Å². The fraction of sp³-hybridized carbons (Fsp3) is 0.500. The highest BCUT2D eigenvalue weighted by molar-refractivity contribution is 8.18. The summed E-state index contributed by atoms with van der Waals surface area (Å²) in [5, 5.41) is 0.838. The molecular formula is C20H24N2O3S. The standard InChI is InChI=1S/C20H24N2O3S/c1-3-24-16-10-14-9-13(2)25-17(14)11-15(16)12-18-19(23)21-20(26-18)22-7-5-4-6-8-22/h10-13H,3-9H2,1-2H3/b18-12-/t13-/m1/s1. The third-order valence-corrected chi connectivity index (χ3v) is 5.90. The molecule has 1 fully saturated rings. The lowest BCUT2D eigenvalue weighted by Crippen LogP contribution is -2.33. The number of aliphatic imine (C=N–C) groups is 1. The summed E-state index contributed by atoms with van der Waals surface area (Å²) < 4.78 is 11.7. The largest absolute Gasteiger partial charge is 0.493 e. The topological polar surface area (TPSA) is 51.1 Å². The number of amidine groups is 1. The monoisotopic (exact) mass is 372 g/mol. The van der Waals surface area contributed by atoms with E-state index >= 15 is 0 Å². The van der Waals surface area contributed by atoms with Gasteiger partial charge in [0.05, 0.1) is 11.5 Å². The van der Waals surface area contributed by atoms with Crippen LogP contribution in [-0.4, -0.2) is 41.8 Å². The lowest BCUT2D eigenvalue weighted by molar-refractivity contribution is -0.113. The summed E-state index contributed by atoms with van der Waals surface area (Å²) in [6, 6.07) is 4.04. The minimum Gasteiger partial charge on any atom is -0.493 e. The number of fused-ring (bicyclic) bond motifs is 1. The minimum absolute atomic E-state index is 0.159. The summed E-state index contributed by atoms with van der Waals surface area (Å²) in [5.74, 6) is 1.53. The van der Waals surface area contributed by atoms with Crippen molar-refractivity contribution in [1.29, 1.82) is 0 Å². The molecule has 1 saturated heterocycles. The summed E-state index contributed by atoms with van der Waals surface area (Å²) in [5.41, 5.74) is 2.05. The Morgan fingerprint density at radius 3 is 2.92 bits per heavy atom. The van der Waals surface area contributed by atoms with Crippen LogP contribution in [0.15, 0.2) is 22.0 Å². The van der Waals surface area contributed by atoms with Crippen LogP contribution in [0.1, 0.15) is 44.2 Å². The maximum atomic E-state index is 12.4. The van der Waals surface area contributed by atoms with Gasteiger partial charge < -0.3 is 14.4 Å². The Bertz CT molecular complexity index is 782. The number of amides is 1. The van der Waals surface area contributed by atoms with Crippen molar-refractivity contribution in [2.75, 3.05) is 19.7 Å². The van der Waals surface area contributed by atoms with Gasteiger partial charge in [0.15, 0.2) is 5.17 Å². The van der Waals surface area contributed by atoms with Crippen LogP contribution < -0.4 is 9.47 Å². The molecule has 0 spiro atoms. The molecule has 0 aromatic heterocycles. The molecule has 0 unspecified atom stereocenters. The average Bonchev–Trinajstić information content (AvgIpc) is 3.18. The lowest BCUT2D eigenvalue weighted by Gasteiger charge is -2.27. The summed E-state index contributed by atoms with van der Waals surface area (Å²) in [7, 11) is 0. The van der Waals surface area contributed by atoms with E-state index in [4.69, 9.17) is 9.47 Å². The molecule has 0 saturated carbocycles. The number of rotatable bonds is 3. The molecule has 3 heterocycles. The fourth-order valence-electron chi connectivity index (χ4n) is 3.61. The molecule has 6 heteroatoms. The number of benzene rings is 1. The van der Waals surface area contributed by atoms with E-state index in [9.17, 15) is 4.79 Å². The van der Waals surface area contributed by atoms with Crippen molar-refractivity contribution in [3.8, 4) is 11.5 Å². The molecule has 138 valence electrons. The highest BCUT2D eigenvalue weighted by Gasteiger charge is 2.28. The van der Waals surface area contributed by atoms with E-state index in [1.807, 2.05) is 25.1 Å². The summed E-state index contributed by atoms with van der Waals surface area (Å²) in [6.07, 6.45) is 6.56. The third kappa shape index (κ3) is 3.47. The van der Waals surface area contributed by atoms with Gasteiger partial charge >= 0.3 is 0 Å². The number of nitrogens with zero attached hydrogens (tertiary/aromatic N) is 2. The number of thioether (sulfide) groups is 1. The molecule has 1 atom stereocenters. The predicted molar refractivity (Wildman–Crippen MR) is 105 cm³/mol. The number of likely N-dealkylation sites (tertiary alicyclic amines) is 1. The van der Waals surface area contributed by atoms with E-state index in [1.54, 1.807) is 0 Å². The quantitative estimate of drug-likeness (QED) is 0.754. The zero-order valence-corrected chi connectivity index (χ0v) is 16.1. The van der Waals surface area contributed by atoms with E-state index in [-0.39, 0.29) is 12.0 Å². The van der Waals surface area contributed by atoms with E-state index < -0.39 is 0 Å². The van der Waals surface area contributed by atoms with Crippen LogP contribution in [0.3, 0.4) is 0 Å².